The van der Waals surface area contributed by atoms with Gasteiger partial charge in [-0.1, -0.05) is 0 Å². The first-order chi connectivity index (χ1) is 13.9. The van der Waals surface area contributed by atoms with Crippen molar-refractivity contribution in [1.29, 1.82) is 0 Å². The van der Waals surface area contributed by atoms with Crippen molar-refractivity contribution in [2.24, 2.45) is 5.92 Å². The van der Waals surface area contributed by atoms with E-state index in [1.54, 1.807) is 12.4 Å². The molecule has 9 nitrogen and oxygen atoms in total. The maximum absolute atomic E-state index is 6.33. The number of ether oxygens (including phenoxy) is 2. The van der Waals surface area contributed by atoms with Gasteiger partial charge in [-0.15, -0.1) is 0 Å². The standard InChI is InChI=1S/C20H25N7O2/c1-20(2)28-15-12(4-3-11-8-23-19(22)24-9-11)7-14(16(15)29-20)27-6-5-13-17(21)25-10-26-18(13)27/h5-6,8-10,12,14-16H,3-4,7H2,1-2H3,(H2,21,25,26)(H2,22,23,24)/t12-,14+,15+,16-/m0/s1. The van der Waals surface area contributed by atoms with E-state index in [2.05, 4.69) is 24.5 Å². The predicted molar refractivity (Wildman–Crippen MR) is 108 cm³/mol. The summed E-state index contributed by atoms with van der Waals surface area (Å²) >= 11 is 0. The van der Waals surface area contributed by atoms with Gasteiger partial charge >= 0.3 is 0 Å². The summed E-state index contributed by atoms with van der Waals surface area (Å²) in [5.74, 6) is 0.533. The largest absolute Gasteiger partial charge is 0.383 e. The van der Waals surface area contributed by atoms with Crippen molar-refractivity contribution in [3.63, 3.8) is 0 Å². The van der Waals surface area contributed by atoms with Crippen LogP contribution in [0.15, 0.2) is 31.0 Å². The highest BCUT2D eigenvalue weighted by Gasteiger charge is 2.54. The number of fused-ring (bicyclic) bond motifs is 2. The van der Waals surface area contributed by atoms with Crippen LogP contribution in [-0.2, 0) is 15.9 Å². The van der Waals surface area contributed by atoms with Crippen LogP contribution in [0.4, 0.5) is 11.8 Å². The molecule has 2 aliphatic rings. The minimum Gasteiger partial charge on any atom is -0.383 e. The van der Waals surface area contributed by atoms with Crippen molar-refractivity contribution in [3.05, 3.63) is 36.5 Å². The van der Waals surface area contributed by atoms with Crippen LogP contribution in [0.2, 0.25) is 0 Å². The first-order valence-electron chi connectivity index (χ1n) is 9.90. The lowest BCUT2D eigenvalue weighted by Gasteiger charge is -2.24. The van der Waals surface area contributed by atoms with Gasteiger partial charge in [-0.3, -0.25) is 0 Å². The summed E-state index contributed by atoms with van der Waals surface area (Å²) in [7, 11) is 0. The highest BCUT2D eigenvalue weighted by molar-refractivity contribution is 5.86. The minimum atomic E-state index is -0.604. The van der Waals surface area contributed by atoms with Crippen molar-refractivity contribution < 1.29 is 9.47 Å². The lowest BCUT2D eigenvalue weighted by molar-refractivity contribution is -0.160. The normalized spacial score (nSPS) is 28.1. The Hall–Kier alpha value is -2.78. The zero-order chi connectivity index (χ0) is 20.2. The molecule has 1 saturated carbocycles. The van der Waals surface area contributed by atoms with E-state index in [0.29, 0.717) is 17.7 Å². The van der Waals surface area contributed by atoms with Crippen LogP contribution in [0.3, 0.4) is 0 Å². The summed E-state index contributed by atoms with van der Waals surface area (Å²) in [6.45, 7) is 3.95. The zero-order valence-electron chi connectivity index (χ0n) is 16.5. The molecule has 152 valence electrons. The summed E-state index contributed by atoms with van der Waals surface area (Å²) in [4.78, 5) is 16.8. The van der Waals surface area contributed by atoms with Gasteiger partial charge in [0, 0.05) is 18.6 Å². The number of nitrogen functional groups attached to an aromatic ring is 2. The van der Waals surface area contributed by atoms with E-state index in [1.165, 1.54) is 6.33 Å². The highest BCUT2D eigenvalue weighted by atomic mass is 16.8. The molecular weight excluding hydrogens is 370 g/mol. The van der Waals surface area contributed by atoms with Gasteiger partial charge in [0.1, 0.15) is 23.9 Å². The van der Waals surface area contributed by atoms with Gasteiger partial charge in [0.25, 0.3) is 0 Å². The van der Waals surface area contributed by atoms with Gasteiger partial charge in [-0.25, -0.2) is 19.9 Å². The number of anilines is 2. The summed E-state index contributed by atoms with van der Waals surface area (Å²) < 4.78 is 14.8. The molecule has 9 heteroatoms. The average molecular weight is 395 g/mol. The molecule has 0 radical (unpaired) electrons. The SMILES string of the molecule is CC1(C)O[C@@H]2[C@@H](CCc3cnc(N)nc3)C[C@@H](n3ccc4c(N)ncnc43)[C@@H]2O1. The van der Waals surface area contributed by atoms with Crippen molar-refractivity contribution in [3.8, 4) is 0 Å². The second kappa shape index (κ2) is 6.64. The van der Waals surface area contributed by atoms with E-state index in [0.717, 1.165) is 35.9 Å². The topological polar surface area (TPSA) is 127 Å². The molecule has 0 aromatic carbocycles. The van der Waals surface area contributed by atoms with E-state index in [1.807, 2.05) is 26.1 Å². The monoisotopic (exact) mass is 395 g/mol. The Balaban J connectivity index is 1.42. The molecule has 3 aromatic heterocycles. The Kier molecular flexibility index (Phi) is 4.18. The second-order valence-corrected chi connectivity index (χ2v) is 8.34. The van der Waals surface area contributed by atoms with Crippen molar-refractivity contribution in [2.45, 2.75) is 57.1 Å². The third kappa shape index (κ3) is 3.20. The van der Waals surface area contributed by atoms with Crippen molar-refractivity contribution >= 4 is 22.8 Å². The zero-order valence-corrected chi connectivity index (χ0v) is 16.5. The Morgan fingerprint density at radius 2 is 1.86 bits per heavy atom. The molecule has 0 spiro atoms. The number of rotatable bonds is 4. The van der Waals surface area contributed by atoms with Crippen molar-refractivity contribution in [1.82, 2.24) is 24.5 Å². The van der Waals surface area contributed by atoms with E-state index in [9.17, 15) is 0 Å². The Labute approximate surface area is 168 Å². The van der Waals surface area contributed by atoms with E-state index in [-0.39, 0.29) is 18.2 Å². The number of hydrogen-bond donors (Lipinski definition) is 2. The van der Waals surface area contributed by atoms with E-state index in [4.69, 9.17) is 20.9 Å². The number of nitrogens with two attached hydrogens (primary N) is 2. The first kappa shape index (κ1) is 18.3. The summed E-state index contributed by atoms with van der Waals surface area (Å²) in [6.07, 6.45) is 9.88. The van der Waals surface area contributed by atoms with Crippen LogP contribution in [0.5, 0.6) is 0 Å². The van der Waals surface area contributed by atoms with E-state index >= 15 is 0 Å². The average Bonchev–Trinajstić information content (AvgIpc) is 3.33. The summed E-state index contributed by atoms with van der Waals surface area (Å²) in [5.41, 5.74) is 13.5. The third-order valence-electron chi connectivity index (χ3n) is 5.98. The van der Waals surface area contributed by atoms with Crippen LogP contribution in [0.1, 0.15) is 38.3 Å². The molecule has 3 aromatic rings. The second-order valence-electron chi connectivity index (χ2n) is 8.34. The lowest BCUT2D eigenvalue weighted by Crippen LogP contribution is -2.27. The molecule has 4 N–H and O–H groups in total. The fraction of sp³-hybridized carbons (Fsp3) is 0.500. The van der Waals surface area contributed by atoms with Crippen LogP contribution < -0.4 is 11.5 Å². The molecule has 1 saturated heterocycles. The number of hydrogen-bond acceptors (Lipinski definition) is 8. The summed E-state index contributed by atoms with van der Waals surface area (Å²) in [5, 5.41) is 0.865. The maximum Gasteiger partial charge on any atom is 0.219 e. The van der Waals surface area contributed by atoms with Crippen LogP contribution in [0, 0.1) is 5.92 Å². The van der Waals surface area contributed by atoms with E-state index < -0.39 is 5.79 Å². The van der Waals surface area contributed by atoms with Crippen molar-refractivity contribution in [2.75, 3.05) is 11.5 Å². The van der Waals surface area contributed by atoms with Gasteiger partial charge in [0.15, 0.2) is 5.79 Å². The fourth-order valence-corrected chi connectivity index (χ4v) is 4.72. The molecule has 1 aliphatic heterocycles. The highest BCUT2D eigenvalue weighted by Crippen LogP contribution is 2.49. The molecule has 2 fully saturated rings. The van der Waals surface area contributed by atoms with Gasteiger partial charge in [0.05, 0.1) is 17.5 Å². The summed E-state index contributed by atoms with van der Waals surface area (Å²) in [6, 6.07) is 2.10. The van der Waals surface area contributed by atoms with Crippen LogP contribution in [-0.4, -0.2) is 42.5 Å². The Bertz CT molecular complexity index is 1030. The molecule has 1 aliphatic carbocycles. The molecule has 4 atom stereocenters. The molecule has 0 amide bonds. The molecule has 0 unspecified atom stereocenters. The Morgan fingerprint density at radius 3 is 2.66 bits per heavy atom. The van der Waals surface area contributed by atoms with Gasteiger partial charge in [0.2, 0.25) is 5.95 Å². The molecule has 0 bridgehead atoms. The van der Waals surface area contributed by atoms with Gasteiger partial charge in [-0.05, 0) is 50.7 Å². The molecular formula is C20H25N7O2. The molecule has 4 heterocycles. The number of aryl methyl sites for hydroxylation is 1. The molecule has 29 heavy (non-hydrogen) atoms. The van der Waals surface area contributed by atoms with Gasteiger partial charge < -0.3 is 25.5 Å². The minimum absolute atomic E-state index is 0.0290. The van der Waals surface area contributed by atoms with Crippen LogP contribution >= 0.6 is 0 Å². The van der Waals surface area contributed by atoms with Crippen LogP contribution in [0.25, 0.3) is 11.0 Å². The first-order valence-corrected chi connectivity index (χ1v) is 9.90. The fourth-order valence-electron chi connectivity index (χ4n) is 4.72. The number of aromatic nitrogens is 5. The smallest absolute Gasteiger partial charge is 0.219 e. The van der Waals surface area contributed by atoms with Gasteiger partial charge in [-0.2, -0.15) is 0 Å². The predicted octanol–water partition coefficient (Wildman–Crippen LogP) is 2.10. The number of nitrogens with zero attached hydrogens (tertiary/aromatic N) is 5. The lowest BCUT2D eigenvalue weighted by atomic mass is 9.97. The quantitative estimate of drug-likeness (QED) is 0.687. The maximum atomic E-state index is 6.33. The Morgan fingerprint density at radius 1 is 1.10 bits per heavy atom. The molecule has 5 rings (SSSR count). The third-order valence-corrected chi connectivity index (χ3v) is 5.98.